The van der Waals surface area contributed by atoms with Gasteiger partial charge in [0.25, 0.3) is 0 Å². The van der Waals surface area contributed by atoms with Crippen LogP contribution in [-0.4, -0.2) is 14.2 Å². The van der Waals surface area contributed by atoms with Crippen molar-refractivity contribution >= 4 is 0 Å². The highest BCUT2D eigenvalue weighted by Gasteiger charge is 2.17. The van der Waals surface area contributed by atoms with E-state index in [2.05, 4.69) is 5.32 Å². The number of hydrogen-bond acceptors (Lipinski definition) is 2. The Morgan fingerprint density at radius 3 is 2.58 bits per heavy atom. The monoisotopic (exact) mass is 259 g/mol. The third-order valence-electron chi connectivity index (χ3n) is 3.25. The van der Waals surface area contributed by atoms with E-state index in [0.29, 0.717) is 11.1 Å². The lowest BCUT2D eigenvalue weighted by Crippen LogP contribution is -2.19. The Morgan fingerprint density at radius 2 is 1.89 bits per heavy atom. The molecule has 2 aromatic carbocycles. The summed E-state index contributed by atoms with van der Waals surface area (Å²) in [6, 6.07) is 12.9. The van der Waals surface area contributed by atoms with Gasteiger partial charge < -0.3 is 10.1 Å². The van der Waals surface area contributed by atoms with Crippen LogP contribution in [0.15, 0.2) is 42.5 Å². The van der Waals surface area contributed by atoms with Crippen LogP contribution >= 0.6 is 0 Å². The Morgan fingerprint density at radius 1 is 1.16 bits per heavy atom. The number of methoxy groups -OCH3 is 1. The van der Waals surface area contributed by atoms with Gasteiger partial charge in [0.2, 0.25) is 0 Å². The zero-order chi connectivity index (χ0) is 13.8. The van der Waals surface area contributed by atoms with E-state index in [4.69, 9.17) is 4.74 Å². The Balaban J connectivity index is 2.46. The first-order valence-electron chi connectivity index (χ1n) is 6.23. The first-order valence-corrected chi connectivity index (χ1v) is 6.23. The molecule has 0 aromatic heterocycles. The fourth-order valence-electron chi connectivity index (χ4n) is 2.22. The minimum absolute atomic E-state index is 0.162. The summed E-state index contributed by atoms with van der Waals surface area (Å²) in [7, 11) is 3.45. The SMILES string of the molecule is CNC(c1cccc(OC)c1)c1cccc(C)c1F. The van der Waals surface area contributed by atoms with Gasteiger partial charge in [-0.3, -0.25) is 0 Å². The van der Waals surface area contributed by atoms with Crippen LogP contribution in [0, 0.1) is 12.7 Å². The molecule has 0 fully saturated rings. The van der Waals surface area contributed by atoms with Gasteiger partial charge >= 0.3 is 0 Å². The summed E-state index contributed by atoms with van der Waals surface area (Å²) in [5.41, 5.74) is 2.28. The van der Waals surface area contributed by atoms with Crippen molar-refractivity contribution in [2.45, 2.75) is 13.0 Å². The summed E-state index contributed by atoms with van der Waals surface area (Å²) >= 11 is 0. The van der Waals surface area contributed by atoms with Gasteiger partial charge in [-0.15, -0.1) is 0 Å². The molecular formula is C16H18FNO. The Hall–Kier alpha value is -1.87. The fourth-order valence-corrected chi connectivity index (χ4v) is 2.22. The maximum Gasteiger partial charge on any atom is 0.131 e. The van der Waals surface area contributed by atoms with Gasteiger partial charge in [-0.25, -0.2) is 4.39 Å². The molecule has 0 spiro atoms. The van der Waals surface area contributed by atoms with Crippen LogP contribution in [0.3, 0.4) is 0 Å². The van der Waals surface area contributed by atoms with E-state index >= 15 is 0 Å². The van der Waals surface area contributed by atoms with Crippen molar-refractivity contribution in [1.82, 2.24) is 5.32 Å². The average molecular weight is 259 g/mol. The molecule has 100 valence electrons. The molecule has 0 aliphatic rings. The highest BCUT2D eigenvalue weighted by atomic mass is 19.1. The lowest BCUT2D eigenvalue weighted by molar-refractivity contribution is 0.413. The van der Waals surface area contributed by atoms with Crippen molar-refractivity contribution < 1.29 is 9.13 Å². The van der Waals surface area contributed by atoms with Crippen molar-refractivity contribution in [3.8, 4) is 5.75 Å². The highest BCUT2D eigenvalue weighted by Crippen LogP contribution is 2.27. The van der Waals surface area contributed by atoms with Gasteiger partial charge in [0, 0.05) is 5.56 Å². The van der Waals surface area contributed by atoms with E-state index in [9.17, 15) is 4.39 Å². The molecule has 0 amide bonds. The van der Waals surface area contributed by atoms with Crippen LogP contribution in [0.1, 0.15) is 22.7 Å². The van der Waals surface area contributed by atoms with Gasteiger partial charge in [0.1, 0.15) is 11.6 Å². The number of benzene rings is 2. The molecule has 0 saturated heterocycles. The van der Waals surface area contributed by atoms with Crippen molar-refractivity contribution in [3.05, 3.63) is 65.0 Å². The summed E-state index contributed by atoms with van der Waals surface area (Å²) in [6.07, 6.45) is 0. The molecule has 1 unspecified atom stereocenters. The quantitative estimate of drug-likeness (QED) is 0.908. The minimum Gasteiger partial charge on any atom is -0.497 e. The van der Waals surface area contributed by atoms with Crippen molar-refractivity contribution in [2.24, 2.45) is 0 Å². The van der Waals surface area contributed by atoms with Gasteiger partial charge in [-0.1, -0.05) is 30.3 Å². The standard InChI is InChI=1S/C16H18FNO/c1-11-6-4-9-14(15(11)17)16(18-2)12-7-5-8-13(10-12)19-3/h4-10,16,18H,1-3H3. The maximum atomic E-state index is 14.2. The van der Waals surface area contributed by atoms with Crippen LogP contribution in [-0.2, 0) is 0 Å². The molecule has 0 bridgehead atoms. The maximum absolute atomic E-state index is 14.2. The predicted molar refractivity (Wildman–Crippen MR) is 75.0 cm³/mol. The molecule has 2 aromatic rings. The summed E-state index contributed by atoms with van der Waals surface area (Å²) in [5.74, 6) is 0.607. The molecule has 0 aliphatic heterocycles. The molecule has 19 heavy (non-hydrogen) atoms. The number of rotatable bonds is 4. The molecule has 3 heteroatoms. The summed E-state index contributed by atoms with van der Waals surface area (Å²) in [5, 5.41) is 3.16. The minimum atomic E-state index is -0.185. The fraction of sp³-hybridized carbons (Fsp3) is 0.250. The number of aryl methyl sites for hydroxylation is 1. The first kappa shape index (κ1) is 13.6. The van der Waals surface area contributed by atoms with E-state index in [1.807, 2.05) is 43.4 Å². The lowest BCUT2D eigenvalue weighted by Gasteiger charge is -2.19. The molecule has 2 nitrogen and oxygen atoms in total. The average Bonchev–Trinajstić information content (AvgIpc) is 2.44. The van der Waals surface area contributed by atoms with Crippen LogP contribution in [0.2, 0.25) is 0 Å². The molecule has 2 rings (SSSR count). The third-order valence-corrected chi connectivity index (χ3v) is 3.25. The van der Waals surface area contributed by atoms with E-state index in [-0.39, 0.29) is 11.9 Å². The van der Waals surface area contributed by atoms with E-state index in [1.54, 1.807) is 20.1 Å². The number of ether oxygens (including phenoxy) is 1. The number of hydrogen-bond donors (Lipinski definition) is 1. The Bertz CT molecular complexity index is 568. The highest BCUT2D eigenvalue weighted by molar-refractivity contribution is 5.38. The van der Waals surface area contributed by atoms with Crippen LogP contribution in [0.5, 0.6) is 5.75 Å². The van der Waals surface area contributed by atoms with Gasteiger partial charge in [0.15, 0.2) is 0 Å². The second-order valence-corrected chi connectivity index (χ2v) is 4.48. The Labute approximate surface area is 113 Å². The second kappa shape index (κ2) is 5.85. The van der Waals surface area contributed by atoms with E-state index in [1.165, 1.54) is 0 Å². The van der Waals surface area contributed by atoms with Crippen molar-refractivity contribution in [1.29, 1.82) is 0 Å². The normalized spacial score (nSPS) is 12.2. The summed E-state index contributed by atoms with van der Waals surface area (Å²) < 4.78 is 19.5. The molecule has 0 aliphatic carbocycles. The Kier molecular flexibility index (Phi) is 4.17. The molecule has 0 heterocycles. The second-order valence-electron chi connectivity index (χ2n) is 4.48. The number of nitrogens with one attached hydrogen (secondary N) is 1. The zero-order valence-electron chi connectivity index (χ0n) is 11.4. The van der Waals surface area contributed by atoms with Gasteiger partial charge in [-0.05, 0) is 37.2 Å². The zero-order valence-corrected chi connectivity index (χ0v) is 11.4. The van der Waals surface area contributed by atoms with Crippen LogP contribution in [0.25, 0.3) is 0 Å². The first-order chi connectivity index (χ1) is 9.17. The molecule has 0 saturated carbocycles. The van der Waals surface area contributed by atoms with Gasteiger partial charge in [0.05, 0.1) is 13.2 Å². The van der Waals surface area contributed by atoms with Crippen LogP contribution < -0.4 is 10.1 Å². The summed E-state index contributed by atoms with van der Waals surface area (Å²) in [6.45, 7) is 1.77. The van der Waals surface area contributed by atoms with Crippen molar-refractivity contribution in [2.75, 3.05) is 14.2 Å². The largest absolute Gasteiger partial charge is 0.497 e. The lowest BCUT2D eigenvalue weighted by atomic mass is 9.96. The van der Waals surface area contributed by atoms with Gasteiger partial charge in [-0.2, -0.15) is 0 Å². The van der Waals surface area contributed by atoms with E-state index < -0.39 is 0 Å². The topological polar surface area (TPSA) is 21.3 Å². The smallest absolute Gasteiger partial charge is 0.131 e. The molecule has 1 atom stereocenters. The predicted octanol–water partition coefficient (Wildman–Crippen LogP) is 3.45. The molecule has 0 radical (unpaired) electrons. The van der Waals surface area contributed by atoms with E-state index in [0.717, 1.165) is 11.3 Å². The number of halogens is 1. The molecule has 1 N–H and O–H groups in total. The van der Waals surface area contributed by atoms with Crippen LogP contribution in [0.4, 0.5) is 4.39 Å². The van der Waals surface area contributed by atoms with Crippen molar-refractivity contribution in [3.63, 3.8) is 0 Å². The molecular weight excluding hydrogens is 241 g/mol. The third kappa shape index (κ3) is 2.76. The summed E-state index contributed by atoms with van der Waals surface area (Å²) in [4.78, 5) is 0.